The zero-order valence-electron chi connectivity index (χ0n) is 37.7. The number of aliphatic hydroxyl groups is 4. The van der Waals surface area contributed by atoms with E-state index in [1.165, 1.54) is 13.8 Å². The van der Waals surface area contributed by atoms with Gasteiger partial charge in [0.15, 0.2) is 22.2 Å². The van der Waals surface area contributed by atoms with Gasteiger partial charge >= 0.3 is 11.9 Å². The molecule has 344 valence electrons. The Morgan fingerprint density at radius 2 is 1.58 bits per heavy atom. The summed E-state index contributed by atoms with van der Waals surface area (Å²) in [4.78, 5) is 31.2. The number of sulfone groups is 1. The molecule has 62 heavy (non-hydrogen) atoms. The zero-order chi connectivity index (χ0) is 45.9. The van der Waals surface area contributed by atoms with E-state index in [0.717, 1.165) is 10.8 Å². The first-order valence-corrected chi connectivity index (χ1v) is 23.3. The van der Waals surface area contributed by atoms with E-state index in [0.29, 0.717) is 6.54 Å². The normalized spacial score (nSPS) is 36.1. The Bertz CT molecular complexity index is 2080. The van der Waals surface area contributed by atoms with Gasteiger partial charge in [-0.05, 0) is 109 Å². The van der Waals surface area contributed by atoms with Crippen LogP contribution in [0.15, 0.2) is 77.7 Å². The van der Waals surface area contributed by atoms with Crippen molar-refractivity contribution in [1.29, 1.82) is 0 Å². The van der Waals surface area contributed by atoms with Gasteiger partial charge in [0.25, 0.3) is 0 Å². The average molecular weight is 885 g/mol. The van der Waals surface area contributed by atoms with Crippen molar-refractivity contribution in [3.63, 3.8) is 0 Å². The maximum atomic E-state index is 14.1. The number of benzene rings is 3. The second-order valence-electron chi connectivity index (χ2n) is 18.4. The van der Waals surface area contributed by atoms with Gasteiger partial charge in [-0.2, -0.15) is 0 Å². The van der Waals surface area contributed by atoms with Crippen LogP contribution in [0.5, 0.6) is 0 Å². The molecule has 0 aromatic heterocycles. The molecule has 2 aliphatic rings. The van der Waals surface area contributed by atoms with E-state index in [4.69, 9.17) is 18.9 Å². The number of nitrogens with zero attached hydrogens (tertiary/aromatic N) is 2. The molecule has 14 nitrogen and oxygen atoms in total. The molecule has 2 fully saturated rings. The van der Waals surface area contributed by atoms with Gasteiger partial charge in [-0.15, -0.1) is 0 Å². The largest absolute Gasteiger partial charge is 0.459 e. The maximum Gasteiger partial charge on any atom is 0.338 e. The molecule has 0 unspecified atom stereocenters. The van der Waals surface area contributed by atoms with Gasteiger partial charge in [0.1, 0.15) is 23.7 Å². The summed E-state index contributed by atoms with van der Waals surface area (Å²) in [6.07, 6.45) is -7.81. The molecule has 0 aliphatic carbocycles. The molecule has 4 N–H and O–H groups in total. The number of ether oxygens (including phenoxy) is 4. The summed E-state index contributed by atoms with van der Waals surface area (Å²) >= 11 is 0. The molecule has 15 heteroatoms. The third-order valence-corrected chi connectivity index (χ3v) is 14.8. The lowest BCUT2D eigenvalue weighted by atomic mass is 9.78. The Hall–Kier alpha value is -3.51. The Morgan fingerprint density at radius 3 is 2.23 bits per heavy atom. The fourth-order valence-electron chi connectivity index (χ4n) is 9.34. The van der Waals surface area contributed by atoms with E-state index < -0.39 is 106 Å². The summed E-state index contributed by atoms with van der Waals surface area (Å²) in [5.41, 5.74) is -3.31. The summed E-state index contributed by atoms with van der Waals surface area (Å²) in [6.45, 7) is 13.7. The molecule has 2 aliphatic heterocycles. The number of rotatable bonds is 9. The Labute approximate surface area is 367 Å². The maximum absolute atomic E-state index is 14.1. The first kappa shape index (κ1) is 49.5. The molecule has 2 saturated heterocycles. The number of esters is 2. The van der Waals surface area contributed by atoms with Crippen LogP contribution in [-0.4, -0.2) is 143 Å². The predicted octanol–water partition coefficient (Wildman–Crippen LogP) is 4.80. The van der Waals surface area contributed by atoms with Crippen molar-refractivity contribution >= 4 is 32.5 Å². The topological polar surface area (TPSA) is 193 Å². The van der Waals surface area contributed by atoms with Crippen LogP contribution in [0.4, 0.5) is 0 Å². The molecule has 3 aromatic carbocycles. The SMILES string of the molecule is CC[C@H]1OC(=O)[C@H](C)[C@@H](O)[C@H](C)[C@@H](O[C@@H]2O[C@H](C)C[C@H](N(C)CS(=O)(=O)c3ccc4ccccc4c3)[C@H]2OC(=O)c2ccccc2)[C@](C)(O)C[C@@H](C)CN(C)[C@H](C)[C@@H](O)[C@]1(C)O. The van der Waals surface area contributed by atoms with Gasteiger partial charge in [0.05, 0.1) is 46.3 Å². The van der Waals surface area contributed by atoms with Crippen molar-refractivity contribution in [3.8, 4) is 0 Å². The lowest BCUT2D eigenvalue weighted by Crippen LogP contribution is -2.61. The predicted molar refractivity (Wildman–Crippen MR) is 235 cm³/mol. The van der Waals surface area contributed by atoms with Crippen LogP contribution in [-0.2, 0) is 33.6 Å². The highest BCUT2D eigenvalue weighted by Crippen LogP contribution is 2.38. The summed E-state index contributed by atoms with van der Waals surface area (Å²) in [5.74, 6) is -4.38. The van der Waals surface area contributed by atoms with Gasteiger partial charge in [0, 0.05) is 18.5 Å². The summed E-state index contributed by atoms with van der Waals surface area (Å²) < 4.78 is 53.4. The highest BCUT2D eigenvalue weighted by atomic mass is 32.2. The second-order valence-corrected chi connectivity index (χ2v) is 20.4. The van der Waals surface area contributed by atoms with E-state index in [-0.39, 0.29) is 35.6 Å². The van der Waals surface area contributed by atoms with Crippen molar-refractivity contribution < 1.29 is 57.4 Å². The molecule has 0 bridgehead atoms. The van der Waals surface area contributed by atoms with Crippen LogP contribution in [0.25, 0.3) is 10.8 Å². The second kappa shape index (κ2) is 20.1. The van der Waals surface area contributed by atoms with Crippen LogP contribution in [0.1, 0.15) is 85.0 Å². The van der Waals surface area contributed by atoms with E-state index in [1.807, 2.05) is 36.1 Å². The van der Waals surface area contributed by atoms with Crippen LogP contribution in [0.3, 0.4) is 0 Å². The Kier molecular flexibility index (Phi) is 16.1. The molecule has 0 amide bonds. The fourth-order valence-corrected chi connectivity index (χ4v) is 10.8. The first-order valence-electron chi connectivity index (χ1n) is 21.7. The van der Waals surface area contributed by atoms with Gasteiger partial charge in [-0.25, -0.2) is 13.2 Å². The van der Waals surface area contributed by atoms with Crippen molar-refractivity contribution in [1.82, 2.24) is 9.80 Å². The highest BCUT2D eigenvalue weighted by Gasteiger charge is 2.51. The van der Waals surface area contributed by atoms with E-state index >= 15 is 0 Å². The number of aliphatic hydroxyl groups excluding tert-OH is 2. The van der Waals surface area contributed by atoms with Crippen LogP contribution in [0, 0.1) is 17.8 Å². The summed E-state index contributed by atoms with van der Waals surface area (Å²) in [7, 11) is -0.492. The van der Waals surface area contributed by atoms with Crippen LogP contribution >= 0.6 is 0 Å². The summed E-state index contributed by atoms with van der Waals surface area (Å²) in [6, 6.07) is 19.4. The van der Waals surface area contributed by atoms with Gasteiger partial charge in [-0.1, -0.05) is 69.3 Å². The zero-order valence-corrected chi connectivity index (χ0v) is 38.6. The smallest absolute Gasteiger partial charge is 0.338 e. The standard InChI is InChI=1S/C47H68N2O12S/c1-11-38-47(8,55)41(51)32(6)48(9)26-28(2)25-46(7,54)42(30(4)39(50)31(5)43(52)59-38)61-45-40(60-44(53)34-18-13-12-14-19-34)37(23-29(3)58-45)49(10)27-62(56,57)36-22-21-33-17-15-16-20-35(33)24-36/h12-22,24,28-32,37-42,45,50-51,54-55H,11,23,25-27H2,1-10H3/t28-,29-,30+,31-,32-,37+,38-,39+,40-,41-,42-,45+,46-,47-/m1/s1. The number of fused-ring (bicyclic) bond motifs is 1. The van der Waals surface area contributed by atoms with Gasteiger partial charge in [0.2, 0.25) is 0 Å². The number of likely N-dealkylation sites (N-methyl/N-ethyl adjacent to an activating group) is 2. The Balaban J connectivity index is 1.53. The number of carbonyl (C=O) groups excluding carboxylic acids is 2. The number of carbonyl (C=O) groups is 2. The molecular weight excluding hydrogens is 817 g/mol. The molecule has 3 aromatic rings. The minimum absolute atomic E-state index is 0.110. The molecule has 14 atom stereocenters. The number of cyclic esters (lactones) is 1. The average Bonchev–Trinajstić information content (AvgIpc) is 3.22. The molecule has 0 radical (unpaired) electrons. The molecule has 2 heterocycles. The molecular formula is C47H68N2O12S. The van der Waals surface area contributed by atoms with Crippen molar-refractivity contribution in [2.75, 3.05) is 26.5 Å². The van der Waals surface area contributed by atoms with Crippen molar-refractivity contribution in [2.45, 2.75) is 146 Å². The van der Waals surface area contributed by atoms with E-state index in [9.17, 15) is 38.4 Å². The number of hydrogen-bond donors (Lipinski definition) is 4. The third kappa shape index (κ3) is 11.2. The van der Waals surface area contributed by atoms with E-state index in [1.54, 1.807) is 102 Å². The minimum atomic E-state index is -3.92. The lowest BCUT2D eigenvalue weighted by Gasteiger charge is -2.47. The third-order valence-electron chi connectivity index (χ3n) is 13.0. The van der Waals surface area contributed by atoms with Crippen LogP contribution < -0.4 is 0 Å². The monoisotopic (exact) mass is 884 g/mol. The quantitative estimate of drug-likeness (QED) is 0.214. The van der Waals surface area contributed by atoms with Crippen LogP contribution in [0.2, 0.25) is 0 Å². The van der Waals surface area contributed by atoms with Gasteiger partial charge in [-0.3, -0.25) is 9.69 Å². The van der Waals surface area contributed by atoms with E-state index in [2.05, 4.69) is 0 Å². The van der Waals surface area contributed by atoms with Gasteiger partial charge < -0.3 is 44.3 Å². The van der Waals surface area contributed by atoms with Crippen molar-refractivity contribution in [2.24, 2.45) is 17.8 Å². The molecule has 5 rings (SSSR count). The molecule has 0 spiro atoms. The molecule has 0 saturated carbocycles. The Morgan fingerprint density at radius 1 is 0.952 bits per heavy atom. The first-order chi connectivity index (χ1) is 29.0. The lowest BCUT2D eigenvalue weighted by molar-refractivity contribution is -0.298. The number of hydrogen-bond acceptors (Lipinski definition) is 14. The summed E-state index contributed by atoms with van der Waals surface area (Å²) in [5, 5.41) is 49.2. The van der Waals surface area contributed by atoms with Crippen molar-refractivity contribution in [3.05, 3.63) is 78.4 Å². The fraction of sp³-hybridized carbons (Fsp3) is 0.617. The highest BCUT2D eigenvalue weighted by molar-refractivity contribution is 7.91. The minimum Gasteiger partial charge on any atom is -0.459 e.